The van der Waals surface area contributed by atoms with Crippen molar-refractivity contribution in [2.75, 3.05) is 38.5 Å². The number of piperazine rings is 1. The summed E-state index contributed by atoms with van der Waals surface area (Å²) in [5, 5.41) is 4.00. The third-order valence-electron chi connectivity index (χ3n) is 9.50. The van der Waals surface area contributed by atoms with Gasteiger partial charge < -0.3 is 10.2 Å². The van der Waals surface area contributed by atoms with E-state index in [1.165, 1.54) is 64.3 Å². The molecular formula is C31H41N7O2. The number of pyridine rings is 2. The normalized spacial score (nSPS) is 23.1. The lowest BCUT2D eigenvalue weighted by Gasteiger charge is -2.41. The molecular weight excluding hydrogens is 502 g/mol. The van der Waals surface area contributed by atoms with E-state index >= 15 is 0 Å². The Morgan fingerprint density at radius 3 is 2.30 bits per heavy atom. The van der Waals surface area contributed by atoms with Crippen molar-refractivity contribution >= 4 is 28.6 Å². The number of ketones is 1. The van der Waals surface area contributed by atoms with Crippen molar-refractivity contribution in [3.8, 4) is 0 Å². The zero-order valence-electron chi connectivity index (χ0n) is 24.0. The topological polar surface area (TPSA) is 96.2 Å². The van der Waals surface area contributed by atoms with Gasteiger partial charge in [-0.2, -0.15) is 4.98 Å². The Bertz CT molecular complexity index is 1430. The van der Waals surface area contributed by atoms with Gasteiger partial charge in [0.2, 0.25) is 5.95 Å². The molecule has 1 N–H and O–H groups in total. The molecule has 2 aliphatic carbocycles. The number of likely N-dealkylation sites (N-methyl/N-ethyl adjacent to an activating group) is 1. The molecule has 0 bridgehead atoms. The van der Waals surface area contributed by atoms with Crippen LogP contribution < -0.4 is 10.9 Å². The maximum absolute atomic E-state index is 13.5. The maximum atomic E-state index is 13.5. The molecule has 0 spiro atoms. The van der Waals surface area contributed by atoms with E-state index in [0.717, 1.165) is 37.1 Å². The lowest BCUT2D eigenvalue weighted by Crippen LogP contribution is -2.49. The molecule has 0 atom stereocenters. The van der Waals surface area contributed by atoms with Crippen LogP contribution in [0.1, 0.15) is 91.7 Å². The van der Waals surface area contributed by atoms with E-state index in [4.69, 9.17) is 9.97 Å². The number of fused-ring (bicyclic) bond motifs is 1. The summed E-state index contributed by atoms with van der Waals surface area (Å²) in [6, 6.07) is 4.96. The second-order valence-electron chi connectivity index (χ2n) is 12.0. The number of aromatic nitrogens is 4. The van der Waals surface area contributed by atoms with Gasteiger partial charge in [0.15, 0.2) is 5.78 Å². The van der Waals surface area contributed by atoms with Crippen molar-refractivity contribution < 1.29 is 4.79 Å². The van der Waals surface area contributed by atoms with E-state index in [9.17, 15) is 9.59 Å². The average Bonchev–Trinajstić information content (AvgIpc) is 3.48. The van der Waals surface area contributed by atoms with Crippen LogP contribution in [-0.4, -0.2) is 74.4 Å². The Balaban J connectivity index is 1.18. The predicted molar refractivity (Wildman–Crippen MR) is 158 cm³/mol. The van der Waals surface area contributed by atoms with Crippen molar-refractivity contribution in [2.45, 2.75) is 83.2 Å². The van der Waals surface area contributed by atoms with Crippen molar-refractivity contribution in [1.82, 2.24) is 29.3 Å². The summed E-state index contributed by atoms with van der Waals surface area (Å²) in [4.78, 5) is 45.0. The Morgan fingerprint density at radius 1 is 0.925 bits per heavy atom. The molecule has 3 fully saturated rings. The molecule has 0 aromatic carbocycles. The molecule has 3 aromatic heterocycles. The zero-order chi connectivity index (χ0) is 27.8. The third kappa shape index (κ3) is 5.29. The van der Waals surface area contributed by atoms with Crippen LogP contribution >= 0.6 is 0 Å². The first-order chi connectivity index (χ1) is 19.4. The second kappa shape index (κ2) is 11.4. The minimum Gasteiger partial charge on any atom is -0.309 e. The van der Waals surface area contributed by atoms with Crippen LogP contribution in [0, 0.1) is 6.92 Å². The highest BCUT2D eigenvalue weighted by Crippen LogP contribution is 2.35. The van der Waals surface area contributed by atoms with E-state index < -0.39 is 0 Å². The number of Topliss-reactive ketones (excluding diaryl/α,β-unsaturated/α-hetero) is 1. The number of hydrogen-bond acceptors (Lipinski definition) is 8. The standard InChI is InChI=1S/C31H41N7O2/c1-20-26-19-33-31(35-29(26)38(25-6-4-5-7-25)30(40)28(20)21(2)39)34-27-13-10-23(18-32-27)22-8-11-24(12-9-22)37-16-14-36(3)15-17-37/h10,13,18-19,22,24-25H,4-9,11-12,14-17H2,1-3H3,(H,32,33,34,35). The van der Waals surface area contributed by atoms with Crippen LogP contribution in [0.25, 0.3) is 11.0 Å². The summed E-state index contributed by atoms with van der Waals surface area (Å²) in [5.74, 6) is 1.43. The van der Waals surface area contributed by atoms with Crippen LogP contribution in [0.4, 0.5) is 11.8 Å². The Labute approximate surface area is 236 Å². The molecule has 6 rings (SSSR count). The summed E-state index contributed by atoms with van der Waals surface area (Å²) in [7, 11) is 2.22. The smallest absolute Gasteiger partial charge is 0.263 e. The Morgan fingerprint density at radius 2 is 1.65 bits per heavy atom. The van der Waals surface area contributed by atoms with Gasteiger partial charge in [-0.3, -0.25) is 19.1 Å². The van der Waals surface area contributed by atoms with E-state index in [2.05, 4.69) is 33.2 Å². The van der Waals surface area contributed by atoms with Crippen LogP contribution in [0.2, 0.25) is 0 Å². The maximum Gasteiger partial charge on any atom is 0.263 e. The number of carbonyl (C=O) groups is 1. The monoisotopic (exact) mass is 543 g/mol. The molecule has 40 heavy (non-hydrogen) atoms. The van der Waals surface area contributed by atoms with Gasteiger partial charge in [0.25, 0.3) is 5.56 Å². The number of anilines is 2. The van der Waals surface area contributed by atoms with Gasteiger partial charge in [0.05, 0.1) is 5.56 Å². The summed E-state index contributed by atoms with van der Waals surface area (Å²) in [6.07, 6.45) is 12.6. The number of nitrogens with one attached hydrogen (secondary N) is 1. The fraction of sp³-hybridized carbons (Fsp3) is 0.581. The highest BCUT2D eigenvalue weighted by Gasteiger charge is 2.29. The molecule has 3 aromatic rings. The molecule has 0 radical (unpaired) electrons. The van der Waals surface area contributed by atoms with Gasteiger partial charge >= 0.3 is 0 Å². The average molecular weight is 544 g/mol. The summed E-state index contributed by atoms with van der Waals surface area (Å²) in [6.45, 7) is 8.01. The number of rotatable bonds is 6. The predicted octanol–water partition coefficient (Wildman–Crippen LogP) is 4.83. The first-order valence-electron chi connectivity index (χ1n) is 15.0. The van der Waals surface area contributed by atoms with Crippen molar-refractivity contribution in [3.05, 3.63) is 51.6 Å². The van der Waals surface area contributed by atoms with Crippen LogP contribution in [0.3, 0.4) is 0 Å². The number of nitrogens with zero attached hydrogens (tertiary/aromatic N) is 6. The summed E-state index contributed by atoms with van der Waals surface area (Å²) >= 11 is 0. The van der Waals surface area contributed by atoms with E-state index in [0.29, 0.717) is 28.9 Å². The molecule has 9 heteroatoms. The van der Waals surface area contributed by atoms with Crippen LogP contribution in [-0.2, 0) is 0 Å². The molecule has 3 aliphatic rings. The molecule has 2 saturated carbocycles. The highest BCUT2D eigenvalue weighted by atomic mass is 16.1. The molecule has 0 unspecified atom stereocenters. The lowest BCUT2D eigenvalue weighted by atomic mass is 9.81. The van der Waals surface area contributed by atoms with Gasteiger partial charge in [0, 0.05) is 56.0 Å². The van der Waals surface area contributed by atoms with Crippen molar-refractivity contribution in [2.24, 2.45) is 0 Å². The van der Waals surface area contributed by atoms with Crippen molar-refractivity contribution in [3.63, 3.8) is 0 Å². The van der Waals surface area contributed by atoms with E-state index in [1.54, 1.807) is 10.8 Å². The van der Waals surface area contributed by atoms with Crippen molar-refractivity contribution in [1.29, 1.82) is 0 Å². The summed E-state index contributed by atoms with van der Waals surface area (Å²) in [5.41, 5.74) is 2.55. The first kappa shape index (κ1) is 27.0. The van der Waals surface area contributed by atoms with Gasteiger partial charge in [-0.25, -0.2) is 9.97 Å². The Hall–Kier alpha value is -3.17. The first-order valence-corrected chi connectivity index (χ1v) is 15.0. The zero-order valence-corrected chi connectivity index (χ0v) is 24.0. The fourth-order valence-electron chi connectivity index (χ4n) is 7.11. The Kier molecular flexibility index (Phi) is 7.68. The van der Waals surface area contributed by atoms with Gasteiger partial charge in [0.1, 0.15) is 11.5 Å². The quantitative estimate of drug-likeness (QED) is 0.442. The number of aryl methyl sites for hydroxylation is 1. The molecule has 9 nitrogen and oxygen atoms in total. The third-order valence-corrected chi connectivity index (χ3v) is 9.50. The van der Waals surface area contributed by atoms with Gasteiger partial charge in [-0.15, -0.1) is 0 Å². The van der Waals surface area contributed by atoms with Gasteiger partial charge in [-0.05, 0) is 82.5 Å². The minimum atomic E-state index is -0.237. The molecule has 0 amide bonds. The molecule has 1 aliphatic heterocycles. The lowest BCUT2D eigenvalue weighted by molar-refractivity contribution is 0.0878. The number of carbonyl (C=O) groups excluding carboxylic acids is 1. The largest absolute Gasteiger partial charge is 0.309 e. The molecule has 212 valence electrons. The van der Waals surface area contributed by atoms with E-state index in [-0.39, 0.29) is 22.9 Å². The minimum absolute atomic E-state index is 0.0557. The fourth-order valence-corrected chi connectivity index (χ4v) is 7.11. The highest BCUT2D eigenvalue weighted by molar-refractivity contribution is 5.99. The second-order valence-corrected chi connectivity index (χ2v) is 12.0. The van der Waals surface area contributed by atoms with Crippen LogP contribution in [0.5, 0.6) is 0 Å². The SMILES string of the molecule is CC(=O)c1c(C)c2cnc(Nc3ccc(C4CCC(N5CCN(C)CC5)CC4)cn3)nc2n(C2CCCC2)c1=O. The number of hydrogen-bond donors (Lipinski definition) is 1. The van der Waals surface area contributed by atoms with Crippen LogP contribution in [0.15, 0.2) is 29.3 Å². The van der Waals surface area contributed by atoms with Gasteiger partial charge in [-0.1, -0.05) is 18.9 Å². The molecule has 1 saturated heterocycles. The summed E-state index contributed by atoms with van der Waals surface area (Å²) < 4.78 is 1.74. The van der Waals surface area contributed by atoms with E-state index in [1.807, 2.05) is 19.2 Å². The molecule has 4 heterocycles.